The van der Waals surface area contributed by atoms with E-state index < -0.39 is 5.54 Å². The van der Waals surface area contributed by atoms with Gasteiger partial charge < -0.3 is 20.0 Å². The van der Waals surface area contributed by atoms with Crippen LogP contribution in [0.5, 0.6) is 0 Å². The van der Waals surface area contributed by atoms with Gasteiger partial charge in [-0.3, -0.25) is 9.59 Å². The van der Waals surface area contributed by atoms with Crippen molar-refractivity contribution in [3.8, 4) is 0 Å². The third-order valence-electron chi connectivity index (χ3n) is 6.53. The molecule has 2 heterocycles. The van der Waals surface area contributed by atoms with Crippen molar-refractivity contribution in [3.63, 3.8) is 0 Å². The summed E-state index contributed by atoms with van der Waals surface area (Å²) in [6.45, 7) is 4.50. The van der Waals surface area contributed by atoms with E-state index in [1.807, 2.05) is 74.3 Å². The highest BCUT2D eigenvalue weighted by molar-refractivity contribution is 6.31. The molecule has 0 aromatic heterocycles. The normalized spacial score (nSPS) is 17.3. The number of nitrogens with one attached hydrogen (secondary N) is 1. The SMILES string of the molecule is Cc1c(Cl)cccc1C1(Nc2ccc3c(c2)C(=O)N(C)CC3)CN(C(=O)/C=C/CN(C)C)C1. The summed E-state index contributed by atoms with van der Waals surface area (Å²) in [5.41, 5.74) is 4.27. The Balaban J connectivity index is 1.62. The summed E-state index contributed by atoms with van der Waals surface area (Å²) >= 11 is 6.46. The highest BCUT2D eigenvalue weighted by Crippen LogP contribution is 2.39. The number of fused-ring (bicyclic) bond motifs is 1. The molecule has 174 valence electrons. The Hall–Kier alpha value is -2.83. The second kappa shape index (κ2) is 9.20. The van der Waals surface area contributed by atoms with Crippen LogP contribution in [0, 0.1) is 6.92 Å². The van der Waals surface area contributed by atoms with Gasteiger partial charge in [-0.25, -0.2) is 0 Å². The lowest BCUT2D eigenvalue weighted by Gasteiger charge is -2.51. The number of nitrogens with zero attached hydrogens (tertiary/aromatic N) is 3. The Kier molecular flexibility index (Phi) is 6.50. The number of carbonyl (C=O) groups excluding carboxylic acids is 2. The maximum Gasteiger partial charge on any atom is 0.253 e. The number of hydrogen-bond acceptors (Lipinski definition) is 4. The zero-order chi connectivity index (χ0) is 23.8. The fourth-order valence-electron chi connectivity index (χ4n) is 4.62. The van der Waals surface area contributed by atoms with Gasteiger partial charge in [0.25, 0.3) is 5.91 Å². The van der Waals surface area contributed by atoms with Crippen LogP contribution in [-0.2, 0) is 16.8 Å². The van der Waals surface area contributed by atoms with Crippen molar-refractivity contribution in [1.29, 1.82) is 0 Å². The number of carbonyl (C=O) groups is 2. The van der Waals surface area contributed by atoms with Gasteiger partial charge in [-0.1, -0.05) is 35.9 Å². The van der Waals surface area contributed by atoms with Gasteiger partial charge in [0.2, 0.25) is 5.91 Å². The highest BCUT2D eigenvalue weighted by atomic mass is 35.5. The molecule has 1 N–H and O–H groups in total. The molecule has 0 radical (unpaired) electrons. The number of anilines is 1. The van der Waals surface area contributed by atoms with Gasteiger partial charge in [0, 0.05) is 42.5 Å². The smallest absolute Gasteiger partial charge is 0.253 e. The fourth-order valence-corrected chi connectivity index (χ4v) is 4.79. The summed E-state index contributed by atoms with van der Waals surface area (Å²) in [5, 5.41) is 4.37. The van der Waals surface area contributed by atoms with Gasteiger partial charge >= 0.3 is 0 Å². The lowest BCUT2D eigenvalue weighted by atomic mass is 9.79. The summed E-state index contributed by atoms with van der Waals surface area (Å²) in [7, 11) is 5.77. The van der Waals surface area contributed by atoms with E-state index in [1.165, 1.54) is 0 Å². The molecule has 2 aromatic carbocycles. The van der Waals surface area contributed by atoms with Crippen LogP contribution in [-0.4, -0.2) is 73.8 Å². The van der Waals surface area contributed by atoms with Crippen LogP contribution in [0.4, 0.5) is 5.69 Å². The molecule has 4 rings (SSSR count). The van der Waals surface area contributed by atoms with Crippen LogP contribution < -0.4 is 5.32 Å². The molecule has 7 heteroatoms. The van der Waals surface area contributed by atoms with Crippen molar-refractivity contribution in [3.05, 3.63) is 75.8 Å². The number of halogens is 1. The van der Waals surface area contributed by atoms with Gasteiger partial charge in [-0.05, 0) is 62.3 Å². The summed E-state index contributed by atoms with van der Waals surface area (Å²) in [4.78, 5) is 31.0. The molecule has 33 heavy (non-hydrogen) atoms. The fraction of sp³-hybridized carbons (Fsp3) is 0.385. The Labute approximate surface area is 200 Å². The Morgan fingerprint density at radius 2 is 2.00 bits per heavy atom. The molecule has 0 spiro atoms. The monoisotopic (exact) mass is 466 g/mol. The van der Waals surface area contributed by atoms with Gasteiger partial charge in [0.05, 0.1) is 18.6 Å². The van der Waals surface area contributed by atoms with Crippen LogP contribution >= 0.6 is 11.6 Å². The van der Waals surface area contributed by atoms with Gasteiger partial charge in [0.15, 0.2) is 0 Å². The number of likely N-dealkylation sites (N-methyl/N-ethyl adjacent to an activating group) is 2. The topological polar surface area (TPSA) is 55.9 Å². The molecule has 2 aromatic rings. The largest absolute Gasteiger partial charge is 0.372 e. The summed E-state index contributed by atoms with van der Waals surface area (Å²) in [6.07, 6.45) is 4.38. The Bertz CT molecular complexity index is 1110. The number of amides is 2. The number of likely N-dealkylation sites (tertiary alicyclic amines) is 1. The molecule has 2 amide bonds. The molecule has 0 unspecified atom stereocenters. The minimum absolute atomic E-state index is 0.00352. The molecule has 0 bridgehead atoms. The average Bonchev–Trinajstić information content (AvgIpc) is 2.75. The molecule has 6 nitrogen and oxygen atoms in total. The predicted octanol–water partition coefficient (Wildman–Crippen LogP) is 3.54. The first-order valence-corrected chi connectivity index (χ1v) is 11.6. The van der Waals surface area contributed by atoms with Crippen LogP contribution in [0.3, 0.4) is 0 Å². The number of hydrogen-bond donors (Lipinski definition) is 1. The third kappa shape index (κ3) is 4.63. The first-order chi connectivity index (χ1) is 15.7. The van der Waals surface area contributed by atoms with Crippen LogP contribution in [0.2, 0.25) is 5.02 Å². The van der Waals surface area contributed by atoms with Gasteiger partial charge in [-0.15, -0.1) is 0 Å². The molecule has 1 fully saturated rings. The van der Waals surface area contributed by atoms with Crippen LogP contribution in [0.1, 0.15) is 27.0 Å². The minimum atomic E-state index is -0.474. The number of rotatable bonds is 6. The summed E-state index contributed by atoms with van der Waals surface area (Å²) < 4.78 is 0. The maximum absolute atomic E-state index is 12.7. The minimum Gasteiger partial charge on any atom is -0.372 e. The zero-order valence-corrected chi connectivity index (χ0v) is 20.4. The lowest BCUT2D eigenvalue weighted by Crippen LogP contribution is -2.65. The van der Waals surface area contributed by atoms with Gasteiger partial charge in [-0.2, -0.15) is 0 Å². The lowest BCUT2D eigenvalue weighted by molar-refractivity contribution is -0.132. The van der Waals surface area contributed by atoms with E-state index in [4.69, 9.17) is 11.6 Å². The van der Waals surface area contributed by atoms with Crippen LogP contribution in [0.25, 0.3) is 0 Å². The van der Waals surface area contributed by atoms with E-state index in [2.05, 4.69) is 11.4 Å². The van der Waals surface area contributed by atoms with Crippen molar-refractivity contribution in [2.45, 2.75) is 18.9 Å². The van der Waals surface area contributed by atoms with Crippen molar-refractivity contribution < 1.29 is 9.59 Å². The van der Waals surface area contributed by atoms with E-state index in [-0.39, 0.29) is 11.8 Å². The molecule has 2 aliphatic rings. The number of benzene rings is 2. The molecular weight excluding hydrogens is 436 g/mol. The second-order valence-electron chi connectivity index (χ2n) is 9.33. The molecular formula is C26H31ClN4O2. The highest BCUT2D eigenvalue weighted by Gasteiger charge is 2.47. The first-order valence-electron chi connectivity index (χ1n) is 11.2. The molecule has 0 atom stereocenters. The van der Waals surface area contributed by atoms with E-state index in [0.717, 1.165) is 40.9 Å². The standard InChI is InChI=1S/C26H31ClN4O2/c1-18-22(7-5-8-23(18)27)26(16-31(17-26)24(32)9-6-13-29(2)3)28-20-11-10-19-12-14-30(4)25(33)21(19)15-20/h5-11,15,28H,12-14,16-17H2,1-4H3/b9-6+. The van der Waals surface area contributed by atoms with Crippen molar-refractivity contribution >= 4 is 29.1 Å². The first kappa shape index (κ1) is 23.3. The van der Waals surface area contributed by atoms with Crippen LogP contribution in [0.15, 0.2) is 48.6 Å². The van der Waals surface area contributed by atoms with Crippen molar-refractivity contribution in [2.75, 3.05) is 52.6 Å². The predicted molar refractivity (Wildman–Crippen MR) is 133 cm³/mol. The Morgan fingerprint density at radius 3 is 2.73 bits per heavy atom. The van der Waals surface area contributed by atoms with E-state index >= 15 is 0 Å². The zero-order valence-electron chi connectivity index (χ0n) is 19.7. The van der Waals surface area contributed by atoms with Gasteiger partial charge in [0.1, 0.15) is 0 Å². The Morgan fingerprint density at radius 1 is 1.24 bits per heavy atom. The summed E-state index contributed by atoms with van der Waals surface area (Å²) in [6, 6.07) is 11.9. The quantitative estimate of drug-likeness (QED) is 0.661. The molecule has 2 aliphatic heterocycles. The molecule has 0 saturated carbocycles. The third-order valence-corrected chi connectivity index (χ3v) is 6.94. The van der Waals surface area contributed by atoms with E-state index in [9.17, 15) is 9.59 Å². The average molecular weight is 467 g/mol. The van der Waals surface area contributed by atoms with Crippen molar-refractivity contribution in [2.24, 2.45) is 0 Å². The van der Waals surface area contributed by atoms with E-state index in [1.54, 1.807) is 11.0 Å². The molecule has 1 saturated heterocycles. The van der Waals surface area contributed by atoms with Crippen molar-refractivity contribution in [1.82, 2.24) is 14.7 Å². The van der Waals surface area contributed by atoms with E-state index in [0.29, 0.717) is 24.7 Å². The maximum atomic E-state index is 12.7. The summed E-state index contributed by atoms with van der Waals surface area (Å²) in [5.74, 6) is 0.0422. The second-order valence-corrected chi connectivity index (χ2v) is 9.73. The molecule has 0 aliphatic carbocycles.